The minimum atomic E-state index is -0.492. The highest BCUT2D eigenvalue weighted by Gasteiger charge is 2.26. The fourth-order valence-electron chi connectivity index (χ4n) is 2.35. The van der Waals surface area contributed by atoms with E-state index in [4.69, 9.17) is 0 Å². The van der Waals surface area contributed by atoms with Crippen molar-refractivity contribution in [3.63, 3.8) is 0 Å². The second-order valence-corrected chi connectivity index (χ2v) is 5.51. The predicted molar refractivity (Wildman–Crippen MR) is 68.2 cm³/mol. The van der Waals surface area contributed by atoms with Crippen LogP contribution in [0.25, 0.3) is 0 Å². The monoisotopic (exact) mass is 257 g/mol. The number of thioether (sulfide) groups is 1. The molecule has 0 spiro atoms. The van der Waals surface area contributed by atoms with E-state index in [1.165, 1.54) is 12.1 Å². The number of benzene rings is 1. The van der Waals surface area contributed by atoms with E-state index in [0.29, 0.717) is 5.92 Å². The summed E-state index contributed by atoms with van der Waals surface area (Å²) >= 11 is 1.91. The fourth-order valence-corrected chi connectivity index (χ4v) is 3.64. The van der Waals surface area contributed by atoms with E-state index >= 15 is 0 Å². The first-order chi connectivity index (χ1) is 8.20. The minimum absolute atomic E-state index is 0.0696. The van der Waals surface area contributed by atoms with Crippen LogP contribution in [0.15, 0.2) is 18.2 Å². The van der Waals surface area contributed by atoms with Gasteiger partial charge in [0.05, 0.1) is 0 Å². The van der Waals surface area contributed by atoms with Crippen molar-refractivity contribution in [1.29, 1.82) is 0 Å². The van der Waals surface area contributed by atoms with Crippen LogP contribution in [0.4, 0.5) is 8.78 Å². The van der Waals surface area contributed by atoms with Crippen LogP contribution in [0.1, 0.15) is 24.9 Å². The first kappa shape index (κ1) is 12.8. The van der Waals surface area contributed by atoms with Crippen molar-refractivity contribution in [2.45, 2.75) is 19.4 Å². The molecular weight excluding hydrogens is 240 g/mol. The Morgan fingerprint density at radius 1 is 1.35 bits per heavy atom. The number of hydrogen-bond donors (Lipinski definition) is 1. The molecule has 17 heavy (non-hydrogen) atoms. The van der Waals surface area contributed by atoms with Gasteiger partial charge in [0.1, 0.15) is 11.6 Å². The number of rotatable bonds is 4. The van der Waals surface area contributed by atoms with Gasteiger partial charge >= 0.3 is 0 Å². The smallest absolute Gasteiger partial charge is 0.126 e. The number of halogens is 2. The van der Waals surface area contributed by atoms with Gasteiger partial charge in [0.2, 0.25) is 0 Å². The average Bonchev–Trinajstić information content (AvgIpc) is 2.77. The highest BCUT2D eigenvalue weighted by molar-refractivity contribution is 7.99. The Bertz CT molecular complexity index is 357. The summed E-state index contributed by atoms with van der Waals surface area (Å²) in [4.78, 5) is 0. The van der Waals surface area contributed by atoms with E-state index in [1.54, 1.807) is 0 Å². The Kier molecular flexibility index (Phi) is 4.40. The van der Waals surface area contributed by atoms with Gasteiger partial charge in [-0.3, -0.25) is 0 Å². The molecule has 1 nitrogen and oxygen atoms in total. The lowest BCUT2D eigenvalue weighted by Crippen LogP contribution is -2.28. The zero-order valence-electron chi connectivity index (χ0n) is 9.88. The summed E-state index contributed by atoms with van der Waals surface area (Å²) in [5, 5.41) is 3.35. The van der Waals surface area contributed by atoms with Crippen LogP contribution in [-0.2, 0) is 0 Å². The summed E-state index contributed by atoms with van der Waals surface area (Å²) in [6.07, 6.45) is 1.11. The van der Waals surface area contributed by atoms with Crippen molar-refractivity contribution in [2.24, 2.45) is 5.92 Å². The van der Waals surface area contributed by atoms with Crippen molar-refractivity contribution in [3.8, 4) is 0 Å². The molecule has 1 N–H and O–H groups in total. The standard InChI is InChI=1S/C13H17F2NS/c1-2-16-13(9-3-4-17-8-9)10-5-11(14)7-12(15)6-10/h5-7,9,13,16H,2-4,8H2,1H3. The quantitative estimate of drug-likeness (QED) is 0.887. The Labute approximate surface area is 105 Å². The molecule has 1 saturated heterocycles. The highest BCUT2D eigenvalue weighted by Crippen LogP contribution is 2.34. The minimum Gasteiger partial charge on any atom is -0.310 e. The van der Waals surface area contributed by atoms with Gasteiger partial charge in [-0.15, -0.1) is 0 Å². The van der Waals surface area contributed by atoms with Crippen LogP contribution in [0.2, 0.25) is 0 Å². The average molecular weight is 257 g/mol. The van der Waals surface area contributed by atoms with Gasteiger partial charge in [0, 0.05) is 12.1 Å². The van der Waals surface area contributed by atoms with Gasteiger partial charge in [-0.25, -0.2) is 8.78 Å². The molecule has 0 amide bonds. The molecule has 1 aromatic carbocycles. The molecule has 1 aliphatic heterocycles. The summed E-state index contributed by atoms with van der Waals surface area (Å²) in [6.45, 7) is 2.83. The van der Waals surface area contributed by atoms with Crippen LogP contribution in [0.3, 0.4) is 0 Å². The van der Waals surface area contributed by atoms with Crippen molar-refractivity contribution >= 4 is 11.8 Å². The maximum atomic E-state index is 13.2. The molecule has 1 heterocycles. The molecule has 1 aromatic rings. The van der Waals surface area contributed by atoms with E-state index in [1.807, 2.05) is 18.7 Å². The molecule has 0 saturated carbocycles. The summed E-state index contributed by atoms with van der Waals surface area (Å²) in [7, 11) is 0. The molecule has 0 aliphatic carbocycles. The molecule has 94 valence electrons. The first-order valence-corrected chi connectivity index (χ1v) is 7.13. The Hall–Kier alpha value is -0.610. The number of nitrogens with one attached hydrogen (secondary N) is 1. The van der Waals surface area contributed by atoms with Crippen LogP contribution >= 0.6 is 11.8 Å². The predicted octanol–water partition coefficient (Wildman–Crippen LogP) is 3.37. The molecule has 4 heteroatoms. The molecule has 2 atom stereocenters. The third-order valence-electron chi connectivity index (χ3n) is 3.10. The SMILES string of the molecule is CCNC(c1cc(F)cc(F)c1)C1CCSC1. The zero-order valence-corrected chi connectivity index (χ0v) is 10.7. The van der Waals surface area contributed by atoms with Crippen molar-refractivity contribution in [1.82, 2.24) is 5.32 Å². The van der Waals surface area contributed by atoms with Crippen LogP contribution in [0, 0.1) is 17.6 Å². The third-order valence-corrected chi connectivity index (χ3v) is 4.29. The number of hydrogen-bond acceptors (Lipinski definition) is 2. The summed E-state index contributed by atoms with van der Waals surface area (Å²) in [6, 6.07) is 3.88. The molecule has 0 aromatic heterocycles. The van der Waals surface area contributed by atoms with Gasteiger partial charge < -0.3 is 5.32 Å². The zero-order chi connectivity index (χ0) is 12.3. The van der Waals surface area contributed by atoms with Crippen LogP contribution in [-0.4, -0.2) is 18.1 Å². The lowest BCUT2D eigenvalue weighted by molar-refractivity contribution is 0.398. The molecular formula is C13H17F2NS. The molecule has 1 aliphatic rings. The van der Waals surface area contributed by atoms with Gasteiger partial charge in [-0.2, -0.15) is 11.8 Å². The lowest BCUT2D eigenvalue weighted by atomic mass is 9.92. The molecule has 0 bridgehead atoms. The topological polar surface area (TPSA) is 12.0 Å². The maximum absolute atomic E-state index is 13.2. The second kappa shape index (κ2) is 5.83. The van der Waals surface area contributed by atoms with Gasteiger partial charge in [0.25, 0.3) is 0 Å². The molecule has 2 rings (SSSR count). The van der Waals surface area contributed by atoms with E-state index in [-0.39, 0.29) is 6.04 Å². The van der Waals surface area contributed by atoms with E-state index in [0.717, 1.165) is 36.1 Å². The normalized spacial score (nSPS) is 21.7. The van der Waals surface area contributed by atoms with Crippen molar-refractivity contribution < 1.29 is 8.78 Å². The fraction of sp³-hybridized carbons (Fsp3) is 0.538. The van der Waals surface area contributed by atoms with Crippen LogP contribution < -0.4 is 5.32 Å². The van der Waals surface area contributed by atoms with Gasteiger partial charge in [-0.1, -0.05) is 6.92 Å². The van der Waals surface area contributed by atoms with E-state index < -0.39 is 11.6 Å². The lowest BCUT2D eigenvalue weighted by Gasteiger charge is -2.24. The Morgan fingerprint density at radius 3 is 2.59 bits per heavy atom. The molecule has 2 unspecified atom stereocenters. The largest absolute Gasteiger partial charge is 0.310 e. The van der Waals surface area contributed by atoms with Gasteiger partial charge in [-0.05, 0) is 48.1 Å². The summed E-state index contributed by atoms with van der Waals surface area (Å²) in [5.41, 5.74) is 0.733. The molecule has 0 radical (unpaired) electrons. The summed E-state index contributed by atoms with van der Waals surface area (Å²) < 4.78 is 26.5. The van der Waals surface area contributed by atoms with Crippen molar-refractivity contribution in [3.05, 3.63) is 35.4 Å². The van der Waals surface area contributed by atoms with E-state index in [2.05, 4.69) is 5.32 Å². The van der Waals surface area contributed by atoms with Crippen molar-refractivity contribution in [2.75, 3.05) is 18.1 Å². The highest BCUT2D eigenvalue weighted by atomic mass is 32.2. The van der Waals surface area contributed by atoms with E-state index in [9.17, 15) is 8.78 Å². The Balaban J connectivity index is 2.24. The first-order valence-electron chi connectivity index (χ1n) is 5.98. The molecule has 1 fully saturated rings. The van der Waals surface area contributed by atoms with Crippen LogP contribution in [0.5, 0.6) is 0 Å². The maximum Gasteiger partial charge on any atom is 0.126 e. The third kappa shape index (κ3) is 3.19. The summed E-state index contributed by atoms with van der Waals surface area (Å²) in [5.74, 6) is 1.70. The second-order valence-electron chi connectivity index (χ2n) is 4.36. The van der Waals surface area contributed by atoms with Gasteiger partial charge in [0.15, 0.2) is 0 Å². The Morgan fingerprint density at radius 2 is 2.06 bits per heavy atom.